The van der Waals surface area contributed by atoms with Gasteiger partial charge in [0.2, 0.25) is 5.91 Å². The number of carbonyl (C=O) groups excluding carboxylic acids is 1. The first-order valence-corrected chi connectivity index (χ1v) is 7.51. The number of amides is 1. The van der Waals surface area contributed by atoms with Gasteiger partial charge in [-0.25, -0.2) is 0 Å². The molecular weight excluding hydrogens is 276 g/mol. The standard InChI is InChI=1S/C18H22N2O2/c1-3-12-22-17-7-5-4-6-16(17)19-13-18(21)20-15-10-8-14(2)9-11-15/h4-11,19H,3,12-13H2,1-2H3,(H,20,21). The minimum atomic E-state index is -0.0888. The lowest BCUT2D eigenvalue weighted by Crippen LogP contribution is -2.22. The van der Waals surface area contributed by atoms with Crippen molar-refractivity contribution in [3.63, 3.8) is 0 Å². The molecule has 4 nitrogen and oxygen atoms in total. The molecule has 4 heteroatoms. The molecule has 2 N–H and O–H groups in total. The zero-order valence-corrected chi connectivity index (χ0v) is 13.1. The zero-order chi connectivity index (χ0) is 15.8. The molecule has 0 heterocycles. The normalized spacial score (nSPS) is 10.1. The minimum Gasteiger partial charge on any atom is -0.491 e. The molecule has 116 valence electrons. The van der Waals surface area contributed by atoms with Crippen molar-refractivity contribution < 1.29 is 9.53 Å². The highest BCUT2D eigenvalue weighted by molar-refractivity contribution is 5.93. The molecular formula is C18H22N2O2. The van der Waals surface area contributed by atoms with Crippen molar-refractivity contribution in [2.75, 3.05) is 23.8 Å². The van der Waals surface area contributed by atoms with E-state index in [9.17, 15) is 4.79 Å². The monoisotopic (exact) mass is 298 g/mol. The fourth-order valence-corrected chi connectivity index (χ4v) is 1.97. The van der Waals surface area contributed by atoms with Gasteiger partial charge in [-0.1, -0.05) is 36.8 Å². The van der Waals surface area contributed by atoms with Crippen LogP contribution in [0.5, 0.6) is 5.75 Å². The summed E-state index contributed by atoms with van der Waals surface area (Å²) in [6, 6.07) is 15.4. The Bertz CT molecular complexity index is 609. The lowest BCUT2D eigenvalue weighted by Gasteiger charge is -2.12. The van der Waals surface area contributed by atoms with Gasteiger partial charge < -0.3 is 15.4 Å². The molecule has 0 saturated heterocycles. The topological polar surface area (TPSA) is 50.4 Å². The van der Waals surface area contributed by atoms with Gasteiger partial charge in [0.05, 0.1) is 18.8 Å². The lowest BCUT2D eigenvalue weighted by molar-refractivity contribution is -0.114. The smallest absolute Gasteiger partial charge is 0.243 e. The van der Waals surface area contributed by atoms with E-state index in [0.29, 0.717) is 6.61 Å². The Balaban J connectivity index is 1.89. The lowest BCUT2D eigenvalue weighted by atomic mass is 10.2. The molecule has 2 rings (SSSR count). The summed E-state index contributed by atoms with van der Waals surface area (Å²) in [4.78, 5) is 12.0. The molecule has 0 fully saturated rings. The third-order valence-corrected chi connectivity index (χ3v) is 3.12. The quantitative estimate of drug-likeness (QED) is 0.816. The van der Waals surface area contributed by atoms with Crippen LogP contribution >= 0.6 is 0 Å². The van der Waals surface area contributed by atoms with Gasteiger partial charge in [0.1, 0.15) is 5.75 Å². The molecule has 2 aromatic rings. The number of nitrogens with one attached hydrogen (secondary N) is 2. The van der Waals surface area contributed by atoms with Crippen LogP contribution in [0.4, 0.5) is 11.4 Å². The van der Waals surface area contributed by atoms with E-state index in [1.165, 1.54) is 0 Å². The Labute approximate surface area is 131 Å². The fourth-order valence-electron chi connectivity index (χ4n) is 1.97. The molecule has 1 amide bonds. The Morgan fingerprint density at radius 2 is 1.82 bits per heavy atom. The average Bonchev–Trinajstić information content (AvgIpc) is 2.54. The third-order valence-electron chi connectivity index (χ3n) is 3.12. The first-order chi connectivity index (χ1) is 10.7. The Hall–Kier alpha value is -2.49. The summed E-state index contributed by atoms with van der Waals surface area (Å²) in [5.41, 5.74) is 2.79. The highest BCUT2D eigenvalue weighted by Crippen LogP contribution is 2.23. The van der Waals surface area contributed by atoms with Crippen molar-refractivity contribution in [1.82, 2.24) is 0 Å². The van der Waals surface area contributed by atoms with Gasteiger partial charge in [-0.3, -0.25) is 4.79 Å². The summed E-state index contributed by atoms with van der Waals surface area (Å²) < 4.78 is 5.66. The van der Waals surface area contributed by atoms with Crippen LogP contribution in [-0.4, -0.2) is 19.1 Å². The molecule has 0 spiro atoms. The number of hydrogen-bond donors (Lipinski definition) is 2. The minimum absolute atomic E-state index is 0.0888. The summed E-state index contributed by atoms with van der Waals surface area (Å²) in [6.45, 7) is 4.93. The summed E-state index contributed by atoms with van der Waals surface area (Å²) in [7, 11) is 0. The van der Waals surface area contributed by atoms with Crippen LogP contribution in [0.2, 0.25) is 0 Å². The first kappa shape index (κ1) is 15.9. The maximum Gasteiger partial charge on any atom is 0.243 e. The maximum atomic E-state index is 12.0. The van der Waals surface area contributed by atoms with Crippen molar-refractivity contribution in [2.24, 2.45) is 0 Å². The van der Waals surface area contributed by atoms with Gasteiger partial charge in [-0.2, -0.15) is 0 Å². The van der Waals surface area contributed by atoms with Gasteiger partial charge >= 0.3 is 0 Å². The predicted molar refractivity (Wildman–Crippen MR) is 90.5 cm³/mol. The van der Waals surface area contributed by atoms with E-state index in [2.05, 4.69) is 17.6 Å². The number of para-hydroxylation sites is 2. The van der Waals surface area contributed by atoms with Crippen LogP contribution in [-0.2, 0) is 4.79 Å². The van der Waals surface area contributed by atoms with Crippen molar-refractivity contribution in [2.45, 2.75) is 20.3 Å². The van der Waals surface area contributed by atoms with E-state index < -0.39 is 0 Å². The number of ether oxygens (including phenoxy) is 1. The first-order valence-electron chi connectivity index (χ1n) is 7.51. The number of hydrogen-bond acceptors (Lipinski definition) is 3. The Kier molecular flexibility index (Phi) is 5.83. The van der Waals surface area contributed by atoms with Crippen molar-refractivity contribution in [1.29, 1.82) is 0 Å². The second-order valence-corrected chi connectivity index (χ2v) is 5.11. The molecule has 0 aliphatic rings. The highest BCUT2D eigenvalue weighted by Gasteiger charge is 2.06. The second kappa shape index (κ2) is 8.08. The largest absolute Gasteiger partial charge is 0.491 e. The molecule has 0 saturated carbocycles. The molecule has 0 bridgehead atoms. The summed E-state index contributed by atoms with van der Waals surface area (Å²) in [6.07, 6.45) is 0.947. The van der Waals surface area contributed by atoms with E-state index in [0.717, 1.165) is 29.1 Å². The van der Waals surface area contributed by atoms with Gasteiger partial charge in [-0.15, -0.1) is 0 Å². The van der Waals surface area contributed by atoms with E-state index in [1.807, 2.05) is 55.5 Å². The summed E-state index contributed by atoms with van der Waals surface area (Å²) >= 11 is 0. The van der Waals surface area contributed by atoms with Gasteiger partial charge in [0.15, 0.2) is 0 Å². The number of benzene rings is 2. The molecule has 22 heavy (non-hydrogen) atoms. The average molecular weight is 298 g/mol. The van der Waals surface area contributed by atoms with Gasteiger partial charge in [0.25, 0.3) is 0 Å². The second-order valence-electron chi connectivity index (χ2n) is 5.11. The SMILES string of the molecule is CCCOc1ccccc1NCC(=O)Nc1ccc(C)cc1. The molecule has 0 unspecified atom stereocenters. The predicted octanol–water partition coefficient (Wildman–Crippen LogP) is 3.83. The Morgan fingerprint density at radius 3 is 2.55 bits per heavy atom. The summed E-state index contributed by atoms with van der Waals surface area (Å²) in [5.74, 6) is 0.682. The van der Waals surface area contributed by atoms with E-state index in [4.69, 9.17) is 4.74 Å². The highest BCUT2D eigenvalue weighted by atomic mass is 16.5. The number of carbonyl (C=O) groups is 1. The van der Waals surface area contributed by atoms with Gasteiger partial charge in [-0.05, 0) is 37.6 Å². The zero-order valence-electron chi connectivity index (χ0n) is 13.1. The van der Waals surface area contributed by atoms with E-state index in [-0.39, 0.29) is 12.5 Å². The van der Waals surface area contributed by atoms with Gasteiger partial charge in [0, 0.05) is 5.69 Å². The molecule has 0 aliphatic carbocycles. The van der Waals surface area contributed by atoms with E-state index >= 15 is 0 Å². The van der Waals surface area contributed by atoms with Crippen LogP contribution in [0.3, 0.4) is 0 Å². The molecule has 0 aromatic heterocycles. The molecule has 0 aliphatic heterocycles. The summed E-state index contributed by atoms with van der Waals surface area (Å²) in [5, 5.41) is 5.98. The van der Waals surface area contributed by atoms with Crippen LogP contribution in [0.15, 0.2) is 48.5 Å². The van der Waals surface area contributed by atoms with Crippen molar-refractivity contribution in [3.05, 3.63) is 54.1 Å². The molecule has 2 aromatic carbocycles. The number of rotatable bonds is 7. The van der Waals surface area contributed by atoms with Crippen molar-refractivity contribution in [3.8, 4) is 5.75 Å². The number of aryl methyl sites for hydroxylation is 1. The Morgan fingerprint density at radius 1 is 1.09 bits per heavy atom. The number of anilines is 2. The van der Waals surface area contributed by atoms with E-state index in [1.54, 1.807) is 0 Å². The maximum absolute atomic E-state index is 12.0. The van der Waals surface area contributed by atoms with Crippen LogP contribution in [0.1, 0.15) is 18.9 Å². The third kappa shape index (κ3) is 4.81. The van der Waals surface area contributed by atoms with Crippen LogP contribution in [0.25, 0.3) is 0 Å². The van der Waals surface area contributed by atoms with Crippen LogP contribution < -0.4 is 15.4 Å². The molecule has 0 radical (unpaired) electrons. The molecule has 0 atom stereocenters. The van der Waals surface area contributed by atoms with Crippen molar-refractivity contribution >= 4 is 17.3 Å². The van der Waals surface area contributed by atoms with Crippen LogP contribution in [0, 0.1) is 6.92 Å². The fraction of sp³-hybridized carbons (Fsp3) is 0.278.